The SMILES string of the molecule is COC(=O)COc1ccc(/C=C2/SC(=Nc3cccc(Cl)c3C)NC2=O)cc1Br. The van der Waals surface area contributed by atoms with Gasteiger partial charge < -0.3 is 14.8 Å². The minimum Gasteiger partial charge on any atom is -0.481 e. The third-order valence-corrected chi connectivity index (χ3v) is 5.88. The molecule has 0 unspecified atom stereocenters. The van der Waals surface area contributed by atoms with E-state index in [1.807, 2.05) is 19.1 Å². The van der Waals surface area contributed by atoms with Gasteiger partial charge in [0.1, 0.15) is 5.75 Å². The highest BCUT2D eigenvalue weighted by atomic mass is 79.9. The van der Waals surface area contributed by atoms with Crippen molar-refractivity contribution in [1.82, 2.24) is 5.32 Å². The van der Waals surface area contributed by atoms with Crippen LogP contribution in [0.2, 0.25) is 5.02 Å². The van der Waals surface area contributed by atoms with Crippen molar-refractivity contribution in [3.8, 4) is 5.75 Å². The molecule has 150 valence electrons. The van der Waals surface area contributed by atoms with E-state index < -0.39 is 5.97 Å². The van der Waals surface area contributed by atoms with Gasteiger partial charge in [0.25, 0.3) is 5.91 Å². The number of carbonyl (C=O) groups is 2. The number of rotatable bonds is 5. The summed E-state index contributed by atoms with van der Waals surface area (Å²) in [7, 11) is 1.30. The van der Waals surface area contributed by atoms with Crippen LogP contribution in [0.3, 0.4) is 0 Å². The Balaban J connectivity index is 1.76. The summed E-state index contributed by atoms with van der Waals surface area (Å²) in [4.78, 5) is 28.5. The van der Waals surface area contributed by atoms with E-state index in [1.165, 1.54) is 18.9 Å². The molecule has 1 fully saturated rings. The van der Waals surface area contributed by atoms with Crippen LogP contribution < -0.4 is 10.1 Å². The van der Waals surface area contributed by atoms with Crippen molar-refractivity contribution >= 4 is 68.1 Å². The normalized spacial score (nSPS) is 16.2. The topological polar surface area (TPSA) is 77.0 Å². The first kappa shape index (κ1) is 21.4. The summed E-state index contributed by atoms with van der Waals surface area (Å²) in [5.41, 5.74) is 2.34. The zero-order valence-corrected chi connectivity index (χ0v) is 18.7. The number of amides is 1. The molecule has 2 aromatic rings. The number of ether oxygens (including phenoxy) is 2. The first-order chi connectivity index (χ1) is 13.9. The van der Waals surface area contributed by atoms with Crippen LogP contribution in [-0.2, 0) is 14.3 Å². The van der Waals surface area contributed by atoms with Crippen LogP contribution in [0.5, 0.6) is 5.75 Å². The standard InChI is InChI=1S/C20H16BrClN2O4S/c1-11-14(22)4-3-5-15(11)23-20-24-19(26)17(29-20)9-12-6-7-16(13(21)8-12)28-10-18(25)27-2/h3-9H,10H2,1-2H3,(H,23,24,26)/b17-9+. The van der Waals surface area contributed by atoms with Crippen LogP contribution in [0.1, 0.15) is 11.1 Å². The molecule has 2 aromatic carbocycles. The molecule has 9 heteroatoms. The number of thioether (sulfide) groups is 1. The van der Waals surface area contributed by atoms with E-state index >= 15 is 0 Å². The summed E-state index contributed by atoms with van der Waals surface area (Å²) < 4.78 is 10.6. The number of nitrogens with zero attached hydrogens (tertiary/aromatic N) is 1. The Labute approximate surface area is 185 Å². The summed E-state index contributed by atoms with van der Waals surface area (Å²) in [5.74, 6) is -0.195. The number of methoxy groups -OCH3 is 1. The fourth-order valence-electron chi connectivity index (χ4n) is 2.38. The molecule has 0 bridgehead atoms. The van der Waals surface area contributed by atoms with E-state index in [0.717, 1.165) is 11.1 Å². The predicted octanol–water partition coefficient (Wildman–Crippen LogP) is 4.85. The highest BCUT2D eigenvalue weighted by Crippen LogP contribution is 2.32. The number of benzene rings is 2. The highest BCUT2D eigenvalue weighted by Gasteiger charge is 2.24. The third kappa shape index (κ3) is 5.41. The lowest BCUT2D eigenvalue weighted by molar-refractivity contribution is -0.142. The molecule has 1 heterocycles. The van der Waals surface area contributed by atoms with Crippen LogP contribution in [0.25, 0.3) is 6.08 Å². The first-order valence-corrected chi connectivity index (χ1v) is 10.4. The highest BCUT2D eigenvalue weighted by molar-refractivity contribution is 9.10. The largest absolute Gasteiger partial charge is 0.481 e. The van der Waals surface area contributed by atoms with Crippen LogP contribution in [0, 0.1) is 6.92 Å². The van der Waals surface area contributed by atoms with Gasteiger partial charge in [0.15, 0.2) is 11.8 Å². The van der Waals surface area contributed by atoms with Gasteiger partial charge in [-0.05, 0) is 76.1 Å². The zero-order valence-electron chi connectivity index (χ0n) is 15.5. The maximum absolute atomic E-state index is 12.3. The summed E-state index contributed by atoms with van der Waals surface area (Å²) in [5, 5.41) is 3.87. The van der Waals surface area contributed by atoms with E-state index in [9.17, 15) is 9.59 Å². The molecule has 1 saturated heterocycles. The van der Waals surface area contributed by atoms with Gasteiger partial charge in [0.2, 0.25) is 0 Å². The van der Waals surface area contributed by atoms with Crippen molar-refractivity contribution in [2.24, 2.45) is 4.99 Å². The number of halogens is 2. The minimum absolute atomic E-state index is 0.184. The van der Waals surface area contributed by atoms with Crippen molar-refractivity contribution in [3.63, 3.8) is 0 Å². The second-order valence-electron chi connectivity index (χ2n) is 5.92. The molecule has 1 aliphatic heterocycles. The average Bonchev–Trinajstić information content (AvgIpc) is 3.03. The number of hydrogen-bond acceptors (Lipinski definition) is 6. The van der Waals surface area contributed by atoms with Gasteiger partial charge in [-0.1, -0.05) is 23.7 Å². The van der Waals surface area contributed by atoms with E-state index in [2.05, 4.69) is 31.0 Å². The monoisotopic (exact) mass is 494 g/mol. The molecular weight excluding hydrogens is 480 g/mol. The molecule has 29 heavy (non-hydrogen) atoms. The van der Waals surface area contributed by atoms with Crippen LogP contribution >= 0.6 is 39.3 Å². The molecule has 1 N–H and O–H groups in total. The number of nitrogens with one attached hydrogen (secondary N) is 1. The molecule has 0 aromatic heterocycles. The first-order valence-electron chi connectivity index (χ1n) is 8.41. The number of hydrogen-bond donors (Lipinski definition) is 1. The van der Waals surface area contributed by atoms with Crippen LogP contribution in [0.15, 0.2) is 50.8 Å². The molecule has 0 aliphatic carbocycles. The summed E-state index contributed by atoms with van der Waals surface area (Å²) in [6.45, 7) is 1.69. The lowest BCUT2D eigenvalue weighted by atomic mass is 10.2. The van der Waals surface area contributed by atoms with E-state index in [0.29, 0.717) is 31.0 Å². The summed E-state index contributed by atoms with van der Waals surface area (Å²) in [6, 6.07) is 10.7. The van der Waals surface area contributed by atoms with Gasteiger partial charge in [-0.3, -0.25) is 4.79 Å². The van der Waals surface area contributed by atoms with E-state index in [-0.39, 0.29) is 12.5 Å². The van der Waals surface area contributed by atoms with Gasteiger partial charge in [0, 0.05) is 5.02 Å². The Morgan fingerprint density at radius 3 is 2.86 bits per heavy atom. The molecule has 1 aliphatic rings. The van der Waals surface area contributed by atoms with Gasteiger partial charge in [-0.25, -0.2) is 9.79 Å². The Bertz CT molecular complexity index is 1040. The minimum atomic E-state index is -0.469. The number of aliphatic imine (C=N–C) groups is 1. The van der Waals surface area contributed by atoms with Gasteiger partial charge in [-0.15, -0.1) is 0 Å². The maximum Gasteiger partial charge on any atom is 0.343 e. The summed E-state index contributed by atoms with van der Waals surface area (Å²) >= 11 is 10.8. The average molecular weight is 496 g/mol. The van der Waals surface area contributed by atoms with Crippen molar-refractivity contribution in [2.75, 3.05) is 13.7 Å². The lowest BCUT2D eigenvalue weighted by Crippen LogP contribution is -2.19. The molecule has 1 amide bonds. The fraction of sp³-hybridized carbons (Fsp3) is 0.150. The molecule has 6 nitrogen and oxygen atoms in total. The Morgan fingerprint density at radius 2 is 2.14 bits per heavy atom. The van der Waals surface area contributed by atoms with Crippen LogP contribution in [-0.4, -0.2) is 30.8 Å². The molecule has 3 rings (SSSR count). The maximum atomic E-state index is 12.3. The van der Waals surface area contributed by atoms with Gasteiger partial charge in [-0.2, -0.15) is 0 Å². The van der Waals surface area contributed by atoms with Crippen molar-refractivity contribution in [3.05, 3.63) is 61.9 Å². The Morgan fingerprint density at radius 1 is 1.34 bits per heavy atom. The van der Waals surface area contributed by atoms with Gasteiger partial charge in [0.05, 0.1) is 22.2 Å². The quantitative estimate of drug-likeness (QED) is 0.474. The second-order valence-corrected chi connectivity index (χ2v) is 8.21. The van der Waals surface area contributed by atoms with Crippen molar-refractivity contribution in [1.29, 1.82) is 0 Å². The smallest absolute Gasteiger partial charge is 0.343 e. The molecule has 0 saturated carbocycles. The lowest BCUT2D eigenvalue weighted by Gasteiger charge is -2.07. The molecular formula is C20H16BrClN2O4S. The Kier molecular flexibility index (Phi) is 7.00. The summed E-state index contributed by atoms with van der Waals surface area (Å²) in [6.07, 6.45) is 1.75. The zero-order chi connectivity index (χ0) is 21.0. The molecule has 0 atom stereocenters. The molecule has 0 radical (unpaired) electrons. The predicted molar refractivity (Wildman–Crippen MR) is 119 cm³/mol. The second kappa shape index (κ2) is 9.47. The fourth-order valence-corrected chi connectivity index (χ4v) is 3.89. The third-order valence-electron chi connectivity index (χ3n) is 3.94. The number of amidine groups is 1. The van der Waals surface area contributed by atoms with E-state index in [4.69, 9.17) is 16.3 Å². The number of esters is 1. The van der Waals surface area contributed by atoms with Gasteiger partial charge >= 0.3 is 5.97 Å². The Hall–Kier alpha value is -2.29. The number of carbonyl (C=O) groups excluding carboxylic acids is 2. The van der Waals surface area contributed by atoms with Crippen LogP contribution in [0.4, 0.5) is 5.69 Å². The van der Waals surface area contributed by atoms with Crippen molar-refractivity contribution in [2.45, 2.75) is 6.92 Å². The van der Waals surface area contributed by atoms with Crippen molar-refractivity contribution < 1.29 is 19.1 Å². The van der Waals surface area contributed by atoms with E-state index in [1.54, 1.807) is 30.3 Å². The molecule has 0 spiro atoms.